The lowest BCUT2D eigenvalue weighted by atomic mass is 10.1. The summed E-state index contributed by atoms with van der Waals surface area (Å²) in [5.41, 5.74) is 1.13. The third kappa shape index (κ3) is 3.79. The van der Waals surface area contributed by atoms with Gasteiger partial charge >= 0.3 is 0 Å². The molecule has 26 heavy (non-hydrogen) atoms. The molecule has 1 N–H and O–H groups in total. The van der Waals surface area contributed by atoms with E-state index in [4.69, 9.17) is 0 Å². The molecule has 0 saturated carbocycles. The average Bonchev–Trinajstić information content (AvgIpc) is 3.00. The summed E-state index contributed by atoms with van der Waals surface area (Å²) in [4.78, 5) is 39.2. The first-order valence-corrected chi connectivity index (χ1v) is 9.18. The molecule has 0 bridgehead atoms. The lowest BCUT2D eigenvalue weighted by Gasteiger charge is -2.27. The molecule has 2 aromatic rings. The first kappa shape index (κ1) is 18.2. The van der Waals surface area contributed by atoms with E-state index in [9.17, 15) is 14.4 Å². The van der Waals surface area contributed by atoms with Gasteiger partial charge in [-0.3, -0.25) is 14.4 Å². The molecule has 0 atom stereocenters. The number of fused-ring (bicyclic) bond motifs is 1. The molecule has 1 aromatic carbocycles. The number of benzene rings is 1. The topological polar surface area (TPSA) is 71.4 Å². The predicted octanol–water partition coefficient (Wildman–Crippen LogP) is 2.36. The van der Waals surface area contributed by atoms with Gasteiger partial charge in [-0.1, -0.05) is 18.2 Å². The van der Waals surface area contributed by atoms with Crippen LogP contribution in [0.3, 0.4) is 0 Å². The van der Waals surface area contributed by atoms with Crippen molar-refractivity contribution in [1.82, 2.24) is 14.8 Å². The molecular weight excluding hydrogens is 330 g/mol. The summed E-state index contributed by atoms with van der Waals surface area (Å²) >= 11 is 0. The number of hydrogen-bond donors (Lipinski definition) is 1. The Hall–Kier alpha value is -2.63. The minimum Gasteiger partial charge on any atom is -0.347 e. The molecule has 1 aromatic heterocycles. The molecule has 138 valence electrons. The Kier molecular flexibility index (Phi) is 5.40. The Bertz CT molecular complexity index is 832. The van der Waals surface area contributed by atoms with Crippen molar-refractivity contribution in [1.29, 1.82) is 0 Å². The fraction of sp³-hybridized carbons (Fsp3) is 0.450. The second-order valence-electron chi connectivity index (χ2n) is 7.09. The fourth-order valence-corrected chi connectivity index (χ4v) is 3.40. The van der Waals surface area contributed by atoms with Crippen LogP contribution in [0.1, 0.15) is 43.5 Å². The van der Waals surface area contributed by atoms with E-state index in [1.807, 2.05) is 43.0 Å². The summed E-state index contributed by atoms with van der Waals surface area (Å²) in [5, 5.41) is 3.33. The van der Waals surface area contributed by atoms with Gasteiger partial charge in [0, 0.05) is 36.2 Å². The van der Waals surface area contributed by atoms with Crippen LogP contribution in [0.2, 0.25) is 0 Å². The monoisotopic (exact) mass is 355 g/mol. The summed E-state index contributed by atoms with van der Waals surface area (Å²) in [7, 11) is 0. The highest BCUT2D eigenvalue weighted by Crippen LogP contribution is 2.22. The van der Waals surface area contributed by atoms with Gasteiger partial charge in [0.25, 0.3) is 11.7 Å². The van der Waals surface area contributed by atoms with E-state index in [-0.39, 0.29) is 18.5 Å². The smallest absolute Gasteiger partial charge is 0.292 e. The average molecular weight is 355 g/mol. The van der Waals surface area contributed by atoms with Gasteiger partial charge in [0.1, 0.15) is 6.54 Å². The maximum atomic E-state index is 12.6. The van der Waals surface area contributed by atoms with Crippen molar-refractivity contribution >= 4 is 28.5 Å². The van der Waals surface area contributed by atoms with Crippen molar-refractivity contribution in [2.45, 2.75) is 45.7 Å². The van der Waals surface area contributed by atoms with E-state index in [0.29, 0.717) is 10.9 Å². The highest BCUT2D eigenvalue weighted by Gasteiger charge is 2.23. The van der Waals surface area contributed by atoms with E-state index in [1.165, 1.54) is 6.42 Å². The summed E-state index contributed by atoms with van der Waals surface area (Å²) in [6, 6.07) is 7.27. The number of nitrogens with one attached hydrogen (secondary N) is 1. The Balaban J connectivity index is 1.88. The van der Waals surface area contributed by atoms with Gasteiger partial charge in [0.15, 0.2) is 0 Å². The van der Waals surface area contributed by atoms with Crippen LogP contribution in [0.4, 0.5) is 0 Å². The lowest BCUT2D eigenvalue weighted by molar-refractivity contribution is -0.132. The Labute approximate surface area is 153 Å². The highest BCUT2D eigenvalue weighted by molar-refractivity contribution is 6.45. The fourth-order valence-electron chi connectivity index (χ4n) is 3.40. The number of rotatable bonds is 5. The quantitative estimate of drug-likeness (QED) is 0.661. The predicted molar refractivity (Wildman–Crippen MR) is 100.0 cm³/mol. The van der Waals surface area contributed by atoms with Gasteiger partial charge in [-0.2, -0.15) is 0 Å². The van der Waals surface area contributed by atoms with Crippen LogP contribution in [0.25, 0.3) is 10.9 Å². The van der Waals surface area contributed by atoms with Crippen LogP contribution in [-0.4, -0.2) is 46.2 Å². The van der Waals surface area contributed by atoms with Crippen LogP contribution < -0.4 is 5.32 Å². The number of amides is 2. The van der Waals surface area contributed by atoms with Crippen LogP contribution in [-0.2, 0) is 16.1 Å². The van der Waals surface area contributed by atoms with Crippen molar-refractivity contribution in [3.8, 4) is 0 Å². The van der Waals surface area contributed by atoms with Crippen molar-refractivity contribution in [3.63, 3.8) is 0 Å². The number of nitrogens with zero attached hydrogens (tertiary/aromatic N) is 2. The number of hydrogen-bond acceptors (Lipinski definition) is 3. The van der Waals surface area contributed by atoms with Crippen molar-refractivity contribution in [2.75, 3.05) is 13.1 Å². The number of ketones is 1. The number of carbonyl (C=O) groups is 3. The highest BCUT2D eigenvalue weighted by atomic mass is 16.2. The molecule has 0 radical (unpaired) electrons. The summed E-state index contributed by atoms with van der Waals surface area (Å²) < 4.78 is 1.78. The van der Waals surface area contributed by atoms with E-state index in [0.717, 1.165) is 31.4 Å². The first-order chi connectivity index (χ1) is 12.5. The zero-order valence-corrected chi connectivity index (χ0v) is 15.3. The molecule has 6 nitrogen and oxygen atoms in total. The van der Waals surface area contributed by atoms with Gasteiger partial charge in [-0.05, 0) is 39.2 Å². The summed E-state index contributed by atoms with van der Waals surface area (Å²) in [5.74, 6) is -1.14. The molecule has 2 heterocycles. The van der Waals surface area contributed by atoms with E-state index in [1.54, 1.807) is 10.8 Å². The molecule has 1 saturated heterocycles. The van der Waals surface area contributed by atoms with Gasteiger partial charge in [0.05, 0.1) is 5.56 Å². The Morgan fingerprint density at radius 2 is 1.77 bits per heavy atom. The Morgan fingerprint density at radius 1 is 1.08 bits per heavy atom. The second-order valence-corrected chi connectivity index (χ2v) is 7.09. The number of para-hydroxylation sites is 1. The van der Waals surface area contributed by atoms with Crippen LogP contribution in [0, 0.1) is 0 Å². The third-order valence-electron chi connectivity index (χ3n) is 4.67. The van der Waals surface area contributed by atoms with Crippen LogP contribution in [0.15, 0.2) is 30.5 Å². The first-order valence-electron chi connectivity index (χ1n) is 9.18. The number of aromatic nitrogens is 1. The molecule has 1 aliphatic heterocycles. The molecule has 1 aliphatic rings. The van der Waals surface area contributed by atoms with Crippen molar-refractivity contribution < 1.29 is 14.4 Å². The zero-order valence-electron chi connectivity index (χ0n) is 15.3. The second kappa shape index (κ2) is 7.72. The van der Waals surface area contributed by atoms with Crippen molar-refractivity contribution in [3.05, 3.63) is 36.0 Å². The molecular formula is C20H25N3O3. The third-order valence-corrected chi connectivity index (χ3v) is 4.67. The largest absolute Gasteiger partial charge is 0.347 e. The number of Topliss-reactive ketones (excluding diaryl/α,β-unsaturated/α-hetero) is 1. The molecule has 1 fully saturated rings. The minimum atomic E-state index is -0.620. The van der Waals surface area contributed by atoms with Crippen LogP contribution in [0.5, 0.6) is 0 Å². The molecule has 6 heteroatoms. The summed E-state index contributed by atoms with van der Waals surface area (Å²) in [6.45, 7) is 5.39. The standard InChI is InChI=1S/C20H25N3O3/c1-14(2)21-20(26)19(25)16-12-23(17-9-5-4-8-15(16)17)13-18(24)22-10-6-3-7-11-22/h4-5,8-9,12,14H,3,6-7,10-11,13H2,1-2H3,(H,21,26). The minimum absolute atomic E-state index is 0.0519. The van der Waals surface area contributed by atoms with Crippen LogP contribution >= 0.6 is 0 Å². The molecule has 0 spiro atoms. The van der Waals surface area contributed by atoms with Crippen molar-refractivity contribution in [2.24, 2.45) is 0 Å². The maximum absolute atomic E-state index is 12.6. The van der Waals surface area contributed by atoms with E-state index in [2.05, 4.69) is 5.32 Å². The zero-order chi connectivity index (χ0) is 18.7. The SMILES string of the molecule is CC(C)NC(=O)C(=O)c1cn(CC(=O)N2CCCCC2)c2ccccc12. The number of carbonyl (C=O) groups excluding carboxylic acids is 3. The summed E-state index contributed by atoms with van der Waals surface area (Å²) in [6.07, 6.45) is 4.88. The molecule has 2 amide bonds. The molecule has 0 unspecified atom stereocenters. The number of piperidine rings is 1. The Morgan fingerprint density at radius 3 is 2.46 bits per heavy atom. The molecule has 0 aliphatic carbocycles. The normalized spacial score (nSPS) is 14.7. The van der Waals surface area contributed by atoms with E-state index < -0.39 is 11.7 Å². The maximum Gasteiger partial charge on any atom is 0.292 e. The van der Waals surface area contributed by atoms with E-state index >= 15 is 0 Å². The molecule has 3 rings (SSSR count). The van der Waals surface area contributed by atoms with Gasteiger partial charge in [-0.25, -0.2) is 0 Å². The number of likely N-dealkylation sites (tertiary alicyclic amines) is 1. The van der Waals surface area contributed by atoms with Gasteiger partial charge < -0.3 is 14.8 Å². The lowest BCUT2D eigenvalue weighted by Crippen LogP contribution is -2.37. The van der Waals surface area contributed by atoms with Gasteiger partial charge in [-0.15, -0.1) is 0 Å². The van der Waals surface area contributed by atoms with Gasteiger partial charge in [0.2, 0.25) is 5.91 Å².